The molecule has 4 atom stereocenters. The summed E-state index contributed by atoms with van der Waals surface area (Å²) in [7, 11) is 0. The molecule has 0 radical (unpaired) electrons. The highest BCUT2D eigenvalue weighted by Crippen LogP contribution is 2.63. The summed E-state index contributed by atoms with van der Waals surface area (Å²) in [5, 5.41) is 2.92. The Morgan fingerprint density at radius 1 is 1.57 bits per heavy atom. The molecule has 1 saturated carbocycles. The highest BCUT2D eigenvalue weighted by molar-refractivity contribution is 5.60. The minimum Gasteiger partial charge on any atom is -0.304 e. The molecule has 2 rings (SSSR count). The third kappa shape index (κ3) is 1.34. The maximum Gasteiger partial charge on any atom is 0.389 e. The molecule has 0 aromatic carbocycles. The minimum atomic E-state index is -4.12. The van der Waals surface area contributed by atoms with Crippen molar-refractivity contribution in [1.29, 1.82) is 0 Å². The van der Waals surface area contributed by atoms with Crippen molar-refractivity contribution in [3.05, 3.63) is 0 Å². The van der Waals surface area contributed by atoms with E-state index < -0.39 is 18.0 Å². The van der Waals surface area contributed by atoms with Crippen molar-refractivity contribution in [2.45, 2.75) is 38.0 Å². The van der Waals surface area contributed by atoms with Crippen molar-refractivity contribution in [3.63, 3.8) is 0 Å². The van der Waals surface area contributed by atoms with Gasteiger partial charge in [0.15, 0.2) is 0 Å². The van der Waals surface area contributed by atoms with E-state index in [4.69, 9.17) is 0 Å². The molecule has 2 aliphatic rings. The largest absolute Gasteiger partial charge is 0.389 e. The quantitative estimate of drug-likeness (QED) is 0.695. The smallest absolute Gasteiger partial charge is 0.304 e. The SMILES string of the molecule is C[C@@H]1C2NC(C=O)C[C@@]21CC(F)(F)F. The van der Waals surface area contributed by atoms with Crippen LogP contribution >= 0.6 is 0 Å². The Labute approximate surface area is 79.9 Å². The average Bonchev–Trinajstić information content (AvgIpc) is 2.45. The number of hydrogen-bond acceptors (Lipinski definition) is 2. The molecule has 2 nitrogen and oxygen atoms in total. The fraction of sp³-hybridized carbons (Fsp3) is 0.889. The third-order valence-corrected chi connectivity index (χ3v) is 3.60. The van der Waals surface area contributed by atoms with Crippen LogP contribution in [0.15, 0.2) is 0 Å². The Balaban J connectivity index is 2.06. The lowest BCUT2D eigenvalue weighted by Gasteiger charge is -2.16. The zero-order chi connectivity index (χ0) is 10.6. The van der Waals surface area contributed by atoms with Crippen LogP contribution in [-0.4, -0.2) is 24.5 Å². The normalized spacial score (nSPS) is 46.1. The summed E-state index contributed by atoms with van der Waals surface area (Å²) in [6.07, 6.45) is -3.84. The van der Waals surface area contributed by atoms with Gasteiger partial charge in [-0.25, -0.2) is 0 Å². The predicted octanol–water partition coefficient (Wildman–Crippen LogP) is 1.50. The van der Waals surface area contributed by atoms with Crippen LogP contribution in [-0.2, 0) is 4.79 Å². The number of rotatable bonds is 2. The van der Waals surface area contributed by atoms with Gasteiger partial charge in [0.25, 0.3) is 0 Å². The second-order valence-electron chi connectivity index (χ2n) is 4.40. The van der Waals surface area contributed by atoms with Crippen molar-refractivity contribution in [2.24, 2.45) is 11.3 Å². The minimum absolute atomic E-state index is 0.0420. The lowest BCUT2D eigenvalue weighted by Crippen LogP contribution is -2.28. The molecule has 80 valence electrons. The van der Waals surface area contributed by atoms with E-state index >= 15 is 0 Å². The number of fused-ring (bicyclic) bond motifs is 1. The monoisotopic (exact) mass is 207 g/mol. The predicted molar refractivity (Wildman–Crippen MR) is 43.7 cm³/mol. The van der Waals surface area contributed by atoms with Gasteiger partial charge in [0.2, 0.25) is 0 Å². The maximum atomic E-state index is 12.3. The van der Waals surface area contributed by atoms with Crippen LogP contribution in [0.5, 0.6) is 0 Å². The van der Waals surface area contributed by atoms with Crippen LogP contribution in [0.3, 0.4) is 0 Å². The molecular weight excluding hydrogens is 195 g/mol. The molecule has 14 heavy (non-hydrogen) atoms. The molecule has 2 unspecified atom stereocenters. The van der Waals surface area contributed by atoms with E-state index in [9.17, 15) is 18.0 Å². The lowest BCUT2D eigenvalue weighted by atomic mass is 9.93. The topological polar surface area (TPSA) is 29.1 Å². The summed E-state index contributed by atoms with van der Waals surface area (Å²) in [4.78, 5) is 10.4. The fourth-order valence-electron chi connectivity index (χ4n) is 2.82. The number of carbonyl (C=O) groups is 1. The van der Waals surface area contributed by atoms with Crippen LogP contribution in [0.25, 0.3) is 0 Å². The van der Waals surface area contributed by atoms with Gasteiger partial charge in [0, 0.05) is 11.5 Å². The second-order valence-corrected chi connectivity index (χ2v) is 4.40. The summed E-state index contributed by atoms with van der Waals surface area (Å²) in [6.45, 7) is 1.81. The van der Waals surface area contributed by atoms with Crippen molar-refractivity contribution < 1.29 is 18.0 Å². The third-order valence-electron chi connectivity index (χ3n) is 3.60. The van der Waals surface area contributed by atoms with Crippen LogP contribution in [0.1, 0.15) is 19.8 Å². The molecule has 2 fully saturated rings. The molecule has 0 spiro atoms. The summed E-state index contributed by atoms with van der Waals surface area (Å²) in [6, 6.07) is -0.488. The first-order valence-corrected chi connectivity index (χ1v) is 4.67. The Morgan fingerprint density at radius 3 is 2.71 bits per heavy atom. The molecule has 1 N–H and O–H groups in total. The summed E-state index contributed by atoms with van der Waals surface area (Å²) in [5.41, 5.74) is -0.691. The van der Waals surface area contributed by atoms with Gasteiger partial charge < -0.3 is 10.1 Å². The maximum absolute atomic E-state index is 12.3. The van der Waals surface area contributed by atoms with E-state index in [1.54, 1.807) is 0 Å². The van der Waals surface area contributed by atoms with Gasteiger partial charge in [0.1, 0.15) is 6.29 Å². The molecule has 1 aliphatic carbocycles. The number of carbonyl (C=O) groups excluding carboxylic acids is 1. The van der Waals surface area contributed by atoms with Gasteiger partial charge in [-0.2, -0.15) is 13.2 Å². The van der Waals surface area contributed by atoms with Crippen LogP contribution < -0.4 is 5.32 Å². The number of piperidine rings is 1. The van der Waals surface area contributed by atoms with Gasteiger partial charge in [-0.1, -0.05) is 6.92 Å². The van der Waals surface area contributed by atoms with E-state index in [-0.39, 0.29) is 18.0 Å². The molecular formula is C9H12F3NO. The van der Waals surface area contributed by atoms with Gasteiger partial charge in [-0.3, -0.25) is 0 Å². The van der Waals surface area contributed by atoms with Crippen LogP contribution in [0, 0.1) is 11.3 Å². The van der Waals surface area contributed by atoms with Crippen molar-refractivity contribution in [3.8, 4) is 0 Å². The van der Waals surface area contributed by atoms with E-state index in [0.717, 1.165) is 0 Å². The van der Waals surface area contributed by atoms with E-state index in [1.807, 2.05) is 6.92 Å². The number of nitrogens with one attached hydrogen (secondary N) is 1. The van der Waals surface area contributed by atoms with E-state index in [2.05, 4.69) is 5.32 Å². The summed E-state index contributed by atoms with van der Waals surface area (Å²) in [5.74, 6) is 0.0420. The first kappa shape index (κ1) is 9.96. The summed E-state index contributed by atoms with van der Waals surface area (Å²) < 4.78 is 36.8. The number of aldehydes is 1. The Morgan fingerprint density at radius 2 is 2.21 bits per heavy atom. The first-order chi connectivity index (χ1) is 6.39. The van der Waals surface area contributed by atoms with Gasteiger partial charge in [-0.15, -0.1) is 0 Å². The zero-order valence-corrected chi connectivity index (χ0v) is 7.77. The fourth-order valence-corrected chi connectivity index (χ4v) is 2.82. The standard InChI is InChI=1S/C9H12F3NO/c1-5-7-8(5,4-9(10,11)12)2-6(3-14)13-7/h3,5-7,13H,2,4H2,1H3/t5-,6?,7?,8+/m1/s1. The average molecular weight is 207 g/mol. The molecule has 1 saturated heterocycles. The molecule has 5 heteroatoms. The zero-order valence-electron chi connectivity index (χ0n) is 7.77. The van der Waals surface area contributed by atoms with Crippen LogP contribution in [0.4, 0.5) is 13.2 Å². The number of alkyl halides is 3. The van der Waals surface area contributed by atoms with Crippen LogP contribution in [0.2, 0.25) is 0 Å². The van der Waals surface area contributed by atoms with Gasteiger partial charge in [-0.05, 0) is 12.3 Å². The Kier molecular flexibility index (Phi) is 1.93. The molecule has 1 aliphatic heterocycles. The number of hydrogen-bond donors (Lipinski definition) is 1. The van der Waals surface area contributed by atoms with E-state index in [1.165, 1.54) is 0 Å². The first-order valence-electron chi connectivity index (χ1n) is 4.67. The lowest BCUT2D eigenvalue weighted by molar-refractivity contribution is -0.149. The molecule has 0 aromatic rings. The molecule has 1 heterocycles. The van der Waals surface area contributed by atoms with Gasteiger partial charge in [0.05, 0.1) is 12.5 Å². The molecule has 0 aromatic heterocycles. The second kappa shape index (κ2) is 2.72. The highest BCUT2D eigenvalue weighted by atomic mass is 19.4. The Hall–Kier alpha value is -0.580. The van der Waals surface area contributed by atoms with Gasteiger partial charge >= 0.3 is 6.18 Å². The number of halogens is 3. The van der Waals surface area contributed by atoms with Crippen molar-refractivity contribution >= 4 is 6.29 Å². The van der Waals surface area contributed by atoms with Crippen molar-refractivity contribution in [2.75, 3.05) is 0 Å². The van der Waals surface area contributed by atoms with Crippen molar-refractivity contribution in [1.82, 2.24) is 5.32 Å². The molecule has 0 amide bonds. The molecule has 0 bridgehead atoms. The Bertz CT molecular complexity index is 265. The highest BCUT2D eigenvalue weighted by Gasteiger charge is 2.69. The summed E-state index contributed by atoms with van der Waals surface area (Å²) >= 11 is 0. The van der Waals surface area contributed by atoms with E-state index in [0.29, 0.717) is 12.7 Å².